The van der Waals surface area contributed by atoms with Crippen LogP contribution in [0.4, 0.5) is 24.5 Å². The summed E-state index contributed by atoms with van der Waals surface area (Å²) in [6.07, 6.45) is 0.180. The van der Waals surface area contributed by atoms with Crippen LogP contribution in [0.2, 0.25) is 0 Å². The zero-order chi connectivity index (χ0) is 16.7. The van der Waals surface area contributed by atoms with Crippen molar-refractivity contribution >= 4 is 27.4 Å². The molecule has 0 aliphatic carbocycles. The average Bonchev–Trinajstić information content (AvgIpc) is 2.35. The predicted molar refractivity (Wildman–Crippen MR) is 65.6 cm³/mol. The van der Waals surface area contributed by atoms with E-state index in [0.717, 1.165) is 6.07 Å². The molecule has 0 unspecified atom stereocenters. The lowest BCUT2D eigenvalue weighted by atomic mass is 10.0. The summed E-state index contributed by atoms with van der Waals surface area (Å²) < 4.78 is 62.7. The minimum atomic E-state index is -6.06. The maximum Gasteiger partial charge on any atom is 0.534 e. The number of nitro groups is 1. The van der Waals surface area contributed by atoms with E-state index in [1.54, 1.807) is 0 Å². The molecule has 1 N–H and O–H groups in total. The molecular formula is C10H7F3N2O6S. The highest BCUT2D eigenvalue weighted by molar-refractivity contribution is 7.88. The number of amides is 1. The van der Waals surface area contributed by atoms with Gasteiger partial charge in [-0.1, -0.05) is 0 Å². The fourth-order valence-electron chi connectivity index (χ4n) is 1.77. The first-order valence-corrected chi connectivity index (χ1v) is 7.04. The molecule has 0 saturated heterocycles. The molecular weight excluding hydrogens is 333 g/mol. The van der Waals surface area contributed by atoms with Gasteiger partial charge in [0.1, 0.15) is 0 Å². The molecule has 1 aromatic rings. The Hall–Kier alpha value is -2.37. The summed E-state index contributed by atoms with van der Waals surface area (Å²) in [5, 5.41) is 13.1. The Bertz CT molecular complexity index is 759. The van der Waals surface area contributed by atoms with Crippen molar-refractivity contribution in [1.82, 2.24) is 0 Å². The van der Waals surface area contributed by atoms with Crippen molar-refractivity contribution in [2.24, 2.45) is 0 Å². The van der Waals surface area contributed by atoms with E-state index in [-0.39, 0.29) is 18.5 Å². The number of hydrogen-bond donors (Lipinski definition) is 1. The molecule has 1 heterocycles. The summed E-state index contributed by atoms with van der Waals surface area (Å²) >= 11 is 0. The normalized spacial score (nSPS) is 15.0. The summed E-state index contributed by atoms with van der Waals surface area (Å²) in [5.74, 6) is -1.57. The third-order valence-corrected chi connectivity index (χ3v) is 3.73. The largest absolute Gasteiger partial charge is 0.534 e. The molecule has 0 spiro atoms. The summed E-state index contributed by atoms with van der Waals surface area (Å²) in [6.45, 7) is 0. The molecule has 2 rings (SSSR count). The van der Waals surface area contributed by atoms with Gasteiger partial charge in [-0.25, -0.2) is 0 Å². The van der Waals surface area contributed by atoms with Gasteiger partial charge in [-0.2, -0.15) is 21.6 Å². The number of alkyl halides is 3. The number of benzene rings is 1. The van der Waals surface area contributed by atoms with E-state index in [0.29, 0.717) is 11.6 Å². The molecule has 22 heavy (non-hydrogen) atoms. The van der Waals surface area contributed by atoms with E-state index in [1.807, 2.05) is 0 Å². The van der Waals surface area contributed by atoms with Crippen molar-refractivity contribution in [3.8, 4) is 5.75 Å². The van der Waals surface area contributed by atoms with E-state index in [1.165, 1.54) is 0 Å². The molecule has 1 aliphatic heterocycles. The first-order chi connectivity index (χ1) is 10.0. The maximum atomic E-state index is 12.3. The number of carbonyl (C=O) groups is 1. The van der Waals surface area contributed by atoms with Crippen LogP contribution in [0.5, 0.6) is 5.75 Å². The Kier molecular flexibility index (Phi) is 3.73. The fourth-order valence-corrected chi connectivity index (χ4v) is 2.23. The lowest BCUT2D eigenvalue weighted by molar-refractivity contribution is -0.385. The monoisotopic (exact) mass is 340 g/mol. The number of anilines is 1. The van der Waals surface area contributed by atoms with Crippen molar-refractivity contribution in [1.29, 1.82) is 0 Å². The van der Waals surface area contributed by atoms with Gasteiger partial charge < -0.3 is 9.50 Å². The SMILES string of the molecule is O=C1CCc2cc([N+](=O)[O-])c(OS(=O)(=O)C(F)(F)F)cc2N1. The zero-order valence-electron chi connectivity index (χ0n) is 10.5. The van der Waals surface area contributed by atoms with Gasteiger partial charge in [0, 0.05) is 24.2 Å². The summed E-state index contributed by atoms with van der Waals surface area (Å²) in [7, 11) is -6.06. The van der Waals surface area contributed by atoms with E-state index in [2.05, 4.69) is 9.50 Å². The van der Waals surface area contributed by atoms with Gasteiger partial charge in [0.05, 0.1) is 4.92 Å². The Labute approximate surface area is 121 Å². The number of fused-ring (bicyclic) bond motifs is 1. The van der Waals surface area contributed by atoms with Gasteiger partial charge in [-0.15, -0.1) is 0 Å². The third-order valence-electron chi connectivity index (χ3n) is 2.76. The number of aryl methyl sites for hydroxylation is 1. The van der Waals surface area contributed by atoms with Crippen molar-refractivity contribution < 1.29 is 35.5 Å². The number of nitrogens with zero attached hydrogens (tertiary/aromatic N) is 1. The second-order valence-electron chi connectivity index (χ2n) is 4.27. The van der Waals surface area contributed by atoms with Crippen LogP contribution in [0.1, 0.15) is 12.0 Å². The van der Waals surface area contributed by atoms with E-state index in [9.17, 15) is 36.5 Å². The molecule has 0 bridgehead atoms. The molecule has 0 atom stereocenters. The molecule has 120 valence electrons. The van der Waals surface area contributed by atoms with Crippen LogP contribution in [0.3, 0.4) is 0 Å². The minimum absolute atomic E-state index is 0.0331. The predicted octanol–water partition coefficient (Wildman–Crippen LogP) is 1.71. The van der Waals surface area contributed by atoms with Crippen LogP contribution < -0.4 is 9.50 Å². The van der Waals surface area contributed by atoms with Crippen LogP contribution >= 0.6 is 0 Å². The Morgan fingerprint density at radius 3 is 2.45 bits per heavy atom. The number of carbonyl (C=O) groups excluding carboxylic acids is 1. The van der Waals surface area contributed by atoms with Crippen LogP contribution in [0.25, 0.3) is 0 Å². The topological polar surface area (TPSA) is 116 Å². The molecule has 1 aliphatic rings. The van der Waals surface area contributed by atoms with E-state index >= 15 is 0 Å². The van der Waals surface area contributed by atoms with Crippen molar-refractivity contribution in [2.75, 3.05) is 5.32 Å². The Morgan fingerprint density at radius 1 is 1.27 bits per heavy atom. The van der Waals surface area contributed by atoms with Crippen molar-refractivity contribution in [2.45, 2.75) is 18.3 Å². The standard InChI is InChI=1S/C10H7F3N2O6S/c11-10(12,13)22(19,20)21-8-4-6-5(1-2-9(16)14-6)3-7(8)15(17)18/h3-4H,1-2H2,(H,14,16). The smallest absolute Gasteiger partial charge is 0.369 e. The molecule has 0 aromatic heterocycles. The van der Waals surface area contributed by atoms with Crippen molar-refractivity contribution in [3.05, 3.63) is 27.8 Å². The lowest BCUT2D eigenvalue weighted by Crippen LogP contribution is -2.28. The van der Waals surface area contributed by atoms with Gasteiger partial charge in [0.2, 0.25) is 11.7 Å². The summed E-state index contributed by atoms with van der Waals surface area (Å²) in [5.41, 5.74) is -6.42. The van der Waals surface area contributed by atoms with Crippen LogP contribution in [0, 0.1) is 10.1 Å². The summed E-state index contributed by atoms with van der Waals surface area (Å²) in [4.78, 5) is 21.0. The molecule has 8 nitrogen and oxygen atoms in total. The second-order valence-corrected chi connectivity index (χ2v) is 5.80. The fraction of sp³-hybridized carbons (Fsp3) is 0.300. The number of nitro benzene ring substituents is 1. The number of nitrogens with one attached hydrogen (secondary N) is 1. The summed E-state index contributed by atoms with van der Waals surface area (Å²) in [6, 6.07) is 1.56. The van der Waals surface area contributed by atoms with E-state index < -0.39 is 37.9 Å². The van der Waals surface area contributed by atoms with Gasteiger partial charge in [0.15, 0.2) is 0 Å². The molecule has 0 fully saturated rings. The Morgan fingerprint density at radius 2 is 1.91 bits per heavy atom. The highest BCUT2D eigenvalue weighted by Gasteiger charge is 2.49. The lowest BCUT2D eigenvalue weighted by Gasteiger charge is -2.18. The van der Waals surface area contributed by atoms with Gasteiger partial charge >= 0.3 is 21.3 Å². The highest BCUT2D eigenvalue weighted by atomic mass is 32.2. The quantitative estimate of drug-likeness (QED) is 0.387. The number of halogens is 3. The third kappa shape index (κ3) is 2.95. The van der Waals surface area contributed by atoms with Gasteiger partial charge in [-0.3, -0.25) is 14.9 Å². The first kappa shape index (κ1) is 16.0. The number of rotatable bonds is 3. The second kappa shape index (κ2) is 5.12. The number of hydrogen-bond acceptors (Lipinski definition) is 6. The molecule has 1 amide bonds. The van der Waals surface area contributed by atoms with E-state index in [4.69, 9.17) is 0 Å². The molecule has 0 radical (unpaired) electrons. The van der Waals surface area contributed by atoms with Crippen molar-refractivity contribution in [3.63, 3.8) is 0 Å². The Balaban J connectivity index is 2.53. The highest BCUT2D eigenvalue weighted by Crippen LogP contribution is 2.38. The van der Waals surface area contributed by atoms with Crippen LogP contribution in [-0.4, -0.2) is 24.8 Å². The van der Waals surface area contributed by atoms with Crippen LogP contribution in [-0.2, 0) is 21.3 Å². The first-order valence-electron chi connectivity index (χ1n) is 5.63. The zero-order valence-corrected chi connectivity index (χ0v) is 11.3. The average molecular weight is 340 g/mol. The molecule has 0 saturated carbocycles. The van der Waals surface area contributed by atoms with Crippen LogP contribution in [0.15, 0.2) is 12.1 Å². The molecule has 1 aromatic carbocycles. The van der Waals surface area contributed by atoms with Gasteiger partial charge in [0.25, 0.3) is 0 Å². The van der Waals surface area contributed by atoms with Gasteiger partial charge in [-0.05, 0) is 12.0 Å². The maximum absolute atomic E-state index is 12.3. The minimum Gasteiger partial charge on any atom is -0.369 e. The molecule has 12 heteroatoms.